The van der Waals surface area contributed by atoms with Gasteiger partial charge < -0.3 is 0 Å². The maximum atomic E-state index is 8.85. The number of azo groups is 1. The summed E-state index contributed by atoms with van der Waals surface area (Å²) < 4.78 is 0. The van der Waals surface area contributed by atoms with Crippen LogP contribution in [0.1, 0.15) is 11.5 Å². The normalized spacial score (nSPS) is 12.6. The second-order valence-corrected chi connectivity index (χ2v) is 2.62. The van der Waals surface area contributed by atoms with E-state index < -0.39 is 0 Å². The number of hydrogen-bond acceptors (Lipinski definition) is 3. The molecule has 0 saturated carbocycles. The van der Waals surface area contributed by atoms with Gasteiger partial charge in [0.2, 0.25) is 0 Å². The van der Waals surface area contributed by atoms with Crippen LogP contribution in [0.25, 0.3) is 0 Å². The zero-order valence-corrected chi connectivity index (χ0v) is 7.51. The summed E-state index contributed by atoms with van der Waals surface area (Å²) in [5.41, 5.74) is 0.998. The summed E-state index contributed by atoms with van der Waals surface area (Å²) >= 11 is 0. The largest absolute Gasteiger partial charge is 0.198 e. The molecule has 13 heavy (non-hydrogen) atoms. The highest BCUT2D eigenvalue weighted by atomic mass is 15.1. The fraction of sp³-hybridized carbons (Fsp3) is 0.300. The molecule has 66 valence electrons. The molecular formula is C10H11N3. The molecule has 0 heterocycles. The van der Waals surface area contributed by atoms with Gasteiger partial charge in [0.15, 0.2) is 0 Å². The third-order valence-corrected chi connectivity index (χ3v) is 1.76. The maximum Gasteiger partial charge on any atom is 0.0926 e. The van der Waals surface area contributed by atoms with Crippen molar-refractivity contribution >= 4 is 0 Å². The highest BCUT2D eigenvalue weighted by Gasteiger charge is 2.08. The van der Waals surface area contributed by atoms with E-state index in [4.69, 9.17) is 5.26 Å². The van der Waals surface area contributed by atoms with Crippen molar-refractivity contribution in [3.63, 3.8) is 0 Å². The van der Waals surface area contributed by atoms with Gasteiger partial charge in [0.1, 0.15) is 0 Å². The van der Waals surface area contributed by atoms with Crippen LogP contribution >= 0.6 is 0 Å². The van der Waals surface area contributed by atoms with E-state index in [9.17, 15) is 0 Å². The summed E-state index contributed by atoms with van der Waals surface area (Å²) in [6.07, 6.45) is 0. The van der Waals surface area contributed by atoms with Crippen LogP contribution < -0.4 is 0 Å². The Labute approximate surface area is 77.7 Å². The predicted octanol–water partition coefficient (Wildman–Crippen LogP) is 2.38. The van der Waals surface area contributed by atoms with Crippen molar-refractivity contribution in [3.05, 3.63) is 35.9 Å². The molecule has 0 spiro atoms. The molecule has 0 fully saturated rings. The summed E-state index contributed by atoms with van der Waals surface area (Å²) in [5.74, 6) is -0.176. The smallest absolute Gasteiger partial charge is 0.0926 e. The molecule has 3 heteroatoms. The van der Waals surface area contributed by atoms with Crippen molar-refractivity contribution in [3.8, 4) is 6.07 Å². The topological polar surface area (TPSA) is 48.5 Å². The van der Waals surface area contributed by atoms with Crippen LogP contribution in [0.5, 0.6) is 0 Å². The lowest BCUT2D eigenvalue weighted by Crippen LogP contribution is -1.98. The van der Waals surface area contributed by atoms with E-state index in [0.29, 0.717) is 6.54 Å². The van der Waals surface area contributed by atoms with Gasteiger partial charge in [0.25, 0.3) is 0 Å². The number of benzene rings is 1. The third kappa shape index (κ3) is 2.68. The first-order chi connectivity index (χ1) is 6.38. The Kier molecular flexibility index (Phi) is 3.65. The molecule has 0 aromatic heterocycles. The molecule has 1 aromatic carbocycles. The Morgan fingerprint density at radius 1 is 1.38 bits per heavy atom. The fourth-order valence-electron chi connectivity index (χ4n) is 1.07. The molecule has 1 rings (SSSR count). The Morgan fingerprint density at radius 2 is 2.08 bits per heavy atom. The van der Waals surface area contributed by atoms with Crippen LogP contribution in [0.4, 0.5) is 0 Å². The Hall–Kier alpha value is -1.69. The molecule has 0 aliphatic carbocycles. The minimum absolute atomic E-state index is 0.176. The predicted molar refractivity (Wildman–Crippen MR) is 50.4 cm³/mol. The van der Waals surface area contributed by atoms with E-state index >= 15 is 0 Å². The monoisotopic (exact) mass is 173 g/mol. The van der Waals surface area contributed by atoms with Crippen LogP contribution in [0.2, 0.25) is 0 Å². The molecule has 0 amide bonds. The van der Waals surface area contributed by atoms with Crippen molar-refractivity contribution in [2.45, 2.75) is 5.92 Å². The van der Waals surface area contributed by atoms with E-state index in [0.717, 1.165) is 5.56 Å². The molecule has 0 radical (unpaired) electrons. The number of nitriles is 1. The SMILES string of the molecule is CN=NCC(C#N)c1ccccc1. The van der Waals surface area contributed by atoms with Gasteiger partial charge in [-0.25, -0.2) is 0 Å². The zero-order valence-electron chi connectivity index (χ0n) is 7.51. The van der Waals surface area contributed by atoms with Crippen molar-refractivity contribution in [1.82, 2.24) is 0 Å². The molecule has 0 bridgehead atoms. The second kappa shape index (κ2) is 5.04. The molecule has 1 aromatic rings. The summed E-state index contributed by atoms with van der Waals surface area (Å²) in [6, 6.07) is 11.8. The first-order valence-corrected chi connectivity index (χ1v) is 4.08. The van der Waals surface area contributed by atoms with Gasteiger partial charge in [0, 0.05) is 7.05 Å². The standard InChI is InChI=1S/C10H11N3/c1-12-13-8-10(7-11)9-5-3-2-4-6-9/h2-6,10H,8H2,1H3. The van der Waals surface area contributed by atoms with Crippen LogP contribution in [0, 0.1) is 11.3 Å². The van der Waals surface area contributed by atoms with E-state index in [1.54, 1.807) is 7.05 Å². The quantitative estimate of drug-likeness (QED) is 0.647. The van der Waals surface area contributed by atoms with Gasteiger partial charge in [-0.15, -0.1) is 0 Å². The average Bonchev–Trinajstić information content (AvgIpc) is 2.21. The summed E-state index contributed by atoms with van der Waals surface area (Å²) in [6.45, 7) is 0.441. The van der Waals surface area contributed by atoms with Gasteiger partial charge in [-0.2, -0.15) is 15.5 Å². The molecule has 1 unspecified atom stereocenters. The van der Waals surface area contributed by atoms with Crippen molar-refractivity contribution in [2.24, 2.45) is 10.2 Å². The van der Waals surface area contributed by atoms with Crippen LogP contribution in [0.15, 0.2) is 40.6 Å². The summed E-state index contributed by atoms with van der Waals surface area (Å²) in [5, 5.41) is 16.3. The number of nitrogens with zero attached hydrogens (tertiary/aromatic N) is 3. The minimum atomic E-state index is -0.176. The molecule has 0 saturated heterocycles. The van der Waals surface area contributed by atoms with Crippen LogP contribution in [-0.4, -0.2) is 13.6 Å². The Bertz CT molecular complexity index is 311. The van der Waals surface area contributed by atoms with E-state index in [2.05, 4.69) is 16.3 Å². The summed E-state index contributed by atoms with van der Waals surface area (Å²) in [7, 11) is 1.61. The third-order valence-electron chi connectivity index (χ3n) is 1.76. The highest BCUT2D eigenvalue weighted by molar-refractivity contribution is 5.24. The van der Waals surface area contributed by atoms with Gasteiger partial charge in [-0.1, -0.05) is 30.3 Å². The molecule has 0 aliphatic heterocycles. The number of rotatable bonds is 3. The van der Waals surface area contributed by atoms with Gasteiger partial charge in [0.05, 0.1) is 18.5 Å². The van der Waals surface area contributed by atoms with Gasteiger partial charge in [-0.05, 0) is 5.56 Å². The van der Waals surface area contributed by atoms with Crippen molar-refractivity contribution in [1.29, 1.82) is 5.26 Å². The lowest BCUT2D eigenvalue weighted by molar-refractivity contribution is 0.812. The maximum absolute atomic E-state index is 8.85. The Balaban J connectivity index is 2.74. The summed E-state index contributed by atoms with van der Waals surface area (Å²) in [4.78, 5) is 0. The van der Waals surface area contributed by atoms with E-state index in [-0.39, 0.29) is 5.92 Å². The van der Waals surface area contributed by atoms with Gasteiger partial charge in [-0.3, -0.25) is 0 Å². The van der Waals surface area contributed by atoms with Gasteiger partial charge >= 0.3 is 0 Å². The lowest BCUT2D eigenvalue weighted by atomic mass is 10.0. The van der Waals surface area contributed by atoms with Crippen LogP contribution in [-0.2, 0) is 0 Å². The van der Waals surface area contributed by atoms with Crippen LogP contribution in [0.3, 0.4) is 0 Å². The Morgan fingerprint density at radius 3 is 2.62 bits per heavy atom. The first kappa shape index (κ1) is 9.40. The lowest BCUT2D eigenvalue weighted by Gasteiger charge is -2.03. The van der Waals surface area contributed by atoms with E-state index in [1.807, 2.05) is 30.3 Å². The fourth-order valence-corrected chi connectivity index (χ4v) is 1.07. The second-order valence-electron chi connectivity index (χ2n) is 2.62. The zero-order chi connectivity index (χ0) is 9.52. The average molecular weight is 173 g/mol. The van der Waals surface area contributed by atoms with Crippen molar-refractivity contribution in [2.75, 3.05) is 13.6 Å². The molecular weight excluding hydrogens is 162 g/mol. The molecule has 3 nitrogen and oxygen atoms in total. The van der Waals surface area contributed by atoms with E-state index in [1.165, 1.54) is 0 Å². The highest BCUT2D eigenvalue weighted by Crippen LogP contribution is 2.14. The first-order valence-electron chi connectivity index (χ1n) is 4.08. The number of hydrogen-bond donors (Lipinski definition) is 0. The van der Waals surface area contributed by atoms with Crippen molar-refractivity contribution < 1.29 is 0 Å². The molecule has 0 N–H and O–H groups in total. The molecule has 1 atom stereocenters. The molecule has 0 aliphatic rings. The minimum Gasteiger partial charge on any atom is -0.198 e.